The van der Waals surface area contributed by atoms with Crippen molar-refractivity contribution in [3.05, 3.63) is 18.0 Å². The first-order valence-corrected chi connectivity index (χ1v) is 6.57. The average Bonchev–Trinajstić information content (AvgIpc) is 2.76. The van der Waals surface area contributed by atoms with Crippen molar-refractivity contribution in [1.29, 1.82) is 0 Å². The van der Waals surface area contributed by atoms with Gasteiger partial charge in [-0.05, 0) is 37.9 Å². The molecule has 2 N–H and O–H groups in total. The zero-order valence-corrected chi connectivity index (χ0v) is 11.2. The Kier molecular flexibility index (Phi) is 4.01. The van der Waals surface area contributed by atoms with Crippen LogP contribution in [0, 0.1) is 5.41 Å². The molecular formula is C13H22N4O. The molecule has 5 nitrogen and oxygen atoms in total. The van der Waals surface area contributed by atoms with Crippen LogP contribution in [0.25, 0.3) is 0 Å². The Hall–Kier alpha value is -1.36. The van der Waals surface area contributed by atoms with Gasteiger partial charge in [-0.15, -0.1) is 0 Å². The monoisotopic (exact) mass is 250 g/mol. The minimum atomic E-state index is -0.194. The Morgan fingerprint density at radius 1 is 1.56 bits per heavy atom. The molecule has 1 amide bonds. The topological polar surface area (TPSA) is 59.0 Å². The van der Waals surface area contributed by atoms with E-state index in [9.17, 15) is 4.79 Å². The van der Waals surface area contributed by atoms with Gasteiger partial charge in [0.05, 0.1) is 6.20 Å². The molecule has 1 fully saturated rings. The number of aryl methyl sites for hydroxylation is 1. The van der Waals surface area contributed by atoms with Gasteiger partial charge in [-0.1, -0.05) is 6.92 Å². The molecule has 0 spiro atoms. The number of carbonyl (C=O) groups is 1. The van der Waals surface area contributed by atoms with Crippen molar-refractivity contribution in [2.75, 3.05) is 19.6 Å². The number of piperidine rings is 1. The maximum absolute atomic E-state index is 12.2. The van der Waals surface area contributed by atoms with Gasteiger partial charge in [-0.3, -0.25) is 9.48 Å². The van der Waals surface area contributed by atoms with Crippen molar-refractivity contribution in [2.24, 2.45) is 12.5 Å². The quantitative estimate of drug-likeness (QED) is 0.816. The fraction of sp³-hybridized carbons (Fsp3) is 0.692. The van der Waals surface area contributed by atoms with E-state index in [2.05, 4.69) is 22.7 Å². The Labute approximate surface area is 108 Å². The van der Waals surface area contributed by atoms with Gasteiger partial charge in [-0.25, -0.2) is 0 Å². The Bertz CT molecular complexity index is 407. The van der Waals surface area contributed by atoms with Gasteiger partial charge in [0.1, 0.15) is 0 Å². The summed E-state index contributed by atoms with van der Waals surface area (Å²) in [6, 6.07) is 0. The third kappa shape index (κ3) is 3.10. The van der Waals surface area contributed by atoms with Crippen LogP contribution < -0.4 is 10.6 Å². The molecule has 1 aromatic rings. The molecule has 0 saturated carbocycles. The number of hydrogen-bond donors (Lipinski definition) is 2. The van der Waals surface area contributed by atoms with E-state index in [0.717, 1.165) is 37.9 Å². The van der Waals surface area contributed by atoms with Gasteiger partial charge >= 0.3 is 0 Å². The second kappa shape index (κ2) is 5.52. The minimum absolute atomic E-state index is 0.188. The number of nitrogens with one attached hydrogen (secondary N) is 2. The Morgan fingerprint density at radius 3 is 2.89 bits per heavy atom. The molecule has 1 aliphatic heterocycles. The molecule has 0 radical (unpaired) electrons. The van der Waals surface area contributed by atoms with Crippen molar-refractivity contribution < 1.29 is 4.79 Å². The SMILES string of the molecule is Cn1cc(CCNC(=O)C2(C)CCNCC2)cn1. The summed E-state index contributed by atoms with van der Waals surface area (Å²) in [6.45, 7) is 4.62. The predicted molar refractivity (Wildman–Crippen MR) is 70.1 cm³/mol. The molecule has 5 heteroatoms. The fourth-order valence-electron chi connectivity index (χ4n) is 2.34. The first-order chi connectivity index (χ1) is 8.60. The first-order valence-electron chi connectivity index (χ1n) is 6.57. The van der Waals surface area contributed by atoms with Crippen LogP contribution in [0.2, 0.25) is 0 Å². The van der Waals surface area contributed by atoms with Crippen LogP contribution in [0.15, 0.2) is 12.4 Å². The van der Waals surface area contributed by atoms with Gasteiger partial charge in [0.2, 0.25) is 5.91 Å². The standard InChI is InChI=1S/C13H22N4O/c1-13(4-7-14-8-5-13)12(18)15-6-3-11-9-16-17(2)10-11/h9-10,14H,3-8H2,1-2H3,(H,15,18). The zero-order chi connectivity index (χ0) is 13.0. The Balaban J connectivity index is 1.77. The molecule has 0 bridgehead atoms. The van der Waals surface area contributed by atoms with E-state index in [1.165, 1.54) is 0 Å². The summed E-state index contributed by atoms with van der Waals surface area (Å²) < 4.78 is 1.78. The summed E-state index contributed by atoms with van der Waals surface area (Å²) in [5.41, 5.74) is 0.966. The molecule has 1 aromatic heterocycles. The summed E-state index contributed by atoms with van der Waals surface area (Å²) in [6.07, 6.45) is 6.52. The summed E-state index contributed by atoms with van der Waals surface area (Å²) in [7, 11) is 1.90. The van der Waals surface area contributed by atoms with Crippen molar-refractivity contribution in [3.63, 3.8) is 0 Å². The van der Waals surface area contributed by atoms with Gasteiger partial charge < -0.3 is 10.6 Å². The maximum Gasteiger partial charge on any atom is 0.226 e. The highest BCUT2D eigenvalue weighted by Gasteiger charge is 2.33. The second-order valence-electron chi connectivity index (χ2n) is 5.34. The van der Waals surface area contributed by atoms with Crippen LogP contribution >= 0.6 is 0 Å². The van der Waals surface area contributed by atoms with E-state index in [1.807, 2.05) is 19.4 Å². The minimum Gasteiger partial charge on any atom is -0.355 e. The van der Waals surface area contributed by atoms with Crippen LogP contribution in [0.4, 0.5) is 0 Å². The molecule has 100 valence electrons. The molecule has 18 heavy (non-hydrogen) atoms. The van der Waals surface area contributed by atoms with Gasteiger partial charge in [-0.2, -0.15) is 5.10 Å². The number of rotatable bonds is 4. The van der Waals surface area contributed by atoms with Crippen LogP contribution in [0.3, 0.4) is 0 Å². The number of carbonyl (C=O) groups excluding carboxylic acids is 1. The summed E-state index contributed by atoms with van der Waals surface area (Å²) in [4.78, 5) is 12.2. The van der Waals surface area contributed by atoms with Crippen LogP contribution in [-0.4, -0.2) is 35.3 Å². The van der Waals surface area contributed by atoms with E-state index < -0.39 is 0 Å². The van der Waals surface area contributed by atoms with E-state index in [-0.39, 0.29) is 11.3 Å². The fourth-order valence-corrected chi connectivity index (χ4v) is 2.34. The lowest BCUT2D eigenvalue weighted by atomic mass is 9.80. The molecule has 0 atom stereocenters. The highest BCUT2D eigenvalue weighted by molar-refractivity contribution is 5.82. The van der Waals surface area contributed by atoms with Crippen molar-refractivity contribution in [1.82, 2.24) is 20.4 Å². The lowest BCUT2D eigenvalue weighted by molar-refractivity contribution is -0.131. The van der Waals surface area contributed by atoms with E-state index in [0.29, 0.717) is 6.54 Å². The Morgan fingerprint density at radius 2 is 2.28 bits per heavy atom. The van der Waals surface area contributed by atoms with Gasteiger partial charge in [0, 0.05) is 25.2 Å². The predicted octanol–water partition coefficient (Wildman–Crippen LogP) is 0.469. The number of nitrogens with zero attached hydrogens (tertiary/aromatic N) is 2. The van der Waals surface area contributed by atoms with E-state index in [4.69, 9.17) is 0 Å². The third-order valence-corrected chi connectivity index (χ3v) is 3.71. The summed E-state index contributed by atoms with van der Waals surface area (Å²) in [5, 5.41) is 10.4. The molecule has 0 unspecified atom stereocenters. The summed E-state index contributed by atoms with van der Waals surface area (Å²) >= 11 is 0. The zero-order valence-electron chi connectivity index (χ0n) is 11.2. The maximum atomic E-state index is 12.2. The summed E-state index contributed by atoms with van der Waals surface area (Å²) in [5.74, 6) is 0.188. The number of amides is 1. The smallest absolute Gasteiger partial charge is 0.226 e. The van der Waals surface area contributed by atoms with Crippen molar-refractivity contribution in [3.8, 4) is 0 Å². The number of hydrogen-bond acceptors (Lipinski definition) is 3. The van der Waals surface area contributed by atoms with Crippen molar-refractivity contribution >= 4 is 5.91 Å². The highest BCUT2D eigenvalue weighted by atomic mass is 16.2. The second-order valence-corrected chi connectivity index (χ2v) is 5.34. The van der Waals surface area contributed by atoms with E-state index >= 15 is 0 Å². The molecule has 2 rings (SSSR count). The molecule has 0 aliphatic carbocycles. The molecular weight excluding hydrogens is 228 g/mol. The van der Waals surface area contributed by atoms with Crippen LogP contribution in [0.1, 0.15) is 25.3 Å². The lowest BCUT2D eigenvalue weighted by Gasteiger charge is -2.32. The average molecular weight is 250 g/mol. The third-order valence-electron chi connectivity index (χ3n) is 3.71. The van der Waals surface area contributed by atoms with Crippen molar-refractivity contribution in [2.45, 2.75) is 26.2 Å². The normalized spacial score (nSPS) is 18.6. The first kappa shape index (κ1) is 13.1. The molecule has 1 saturated heterocycles. The lowest BCUT2D eigenvalue weighted by Crippen LogP contribution is -2.46. The van der Waals surface area contributed by atoms with Crippen LogP contribution in [0.5, 0.6) is 0 Å². The molecule has 0 aromatic carbocycles. The van der Waals surface area contributed by atoms with Crippen LogP contribution in [-0.2, 0) is 18.3 Å². The largest absolute Gasteiger partial charge is 0.355 e. The molecule has 1 aliphatic rings. The van der Waals surface area contributed by atoms with Gasteiger partial charge in [0.15, 0.2) is 0 Å². The molecule has 2 heterocycles. The highest BCUT2D eigenvalue weighted by Crippen LogP contribution is 2.27. The van der Waals surface area contributed by atoms with Gasteiger partial charge in [0.25, 0.3) is 0 Å². The number of aromatic nitrogens is 2. The van der Waals surface area contributed by atoms with E-state index in [1.54, 1.807) is 4.68 Å².